The molecule has 8 heteroatoms. The Morgan fingerprint density at radius 2 is 2.04 bits per heavy atom. The highest BCUT2D eigenvalue weighted by atomic mass is 16.6. The van der Waals surface area contributed by atoms with E-state index in [9.17, 15) is 14.9 Å². The molecule has 1 heterocycles. The second kappa shape index (κ2) is 8.04. The Labute approximate surface area is 133 Å². The number of benzene rings is 1. The van der Waals surface area contributed by atoms with E-state index in [0.29, 0.717) is 26.1 Å². The number of aromatic nitrogens is 2. The zero-order valence-corrected chi connectivity index (χ0v) is 12.7. The van der Waals surface area contributed by atoms with Crippen molar-refractivity contribution in [1.82, 2.24) is 14.7 Å². The van der Waals surface area contributed by atoms with Crippen molar-refractivity contribution in [2.45, 2.75) is 19.5 Å². The van der Waals surface area contributed by atoms with Crippen LogP contribution in [0.5, 0.6) is 0 Å². The van der Waals surface area contributed by atoms with Crippen molar-refractivity contribution in [3.63, 3.8) is 0 Å². The maximum absolute atomic E-state index is 12.5. The summed E-state index contributed by atoms with van der Waals surface area (Å²) in [6, 6.07) is 10.9. The molecule has 1 aromatic carbocycles. The molecular formula is C15H19N5O3. The molecule has 0 radical (unpaired) electrons. The molecule has 0 spiro atoms. The molecule has 0 atom stereocenters. The number of nitrogens with two attached hydrogens (primary N) is 1. The molecule has 0 saturated heterocycles. The van der Waals surface area contributed by atoms with Gasteiger partial charge in [-0.1, -0.05) is 30.3 Å². The van der Waals surface area contributed by atoms with Crippen molar-refractivity contribution in [3.05, 3.63) is 58.3 Å². The lowest BCUT2D eigenvalue weighted by Gasteiger charge is -2.22. The number of carbonyl (C=O) groups is 1. The first kappa shape index (κ1) is 16.6. The third-order valence-electron chi connectivity index (χ3n) is 3.31. The summed E-state index contributed by atoms with van der Waals surface area (Å²) < 4.78 is 1.28. The Morgan fingerprint density at radius 3 is 2.65 bits per heavy atom. The zero-order chi connectivity index (χ0) is 16.7. The van der Waals surface area contributed by atoms with Crippen molar-refractivity contribution >= 4 is 11.7 Å². The highest BCUT2D eigenvalue weighted by molar-refractivity contribution is 5.75. The molecule has 23 heavy (non-hydrogen) atoms. The van der Waals surface area contributed by atoms with E-state index in [2.05, 4.69) is 5.10 Å². The fourth-order valence-electron chi connectivity index (χ4n) is 2.15. The number of nitro groups is 1. The molecule has 2 N–H and O–H groups in total. The van der Waals surface area contributed by atoms with E-state index in [1.807, 2.05) is 30.3 Å². The van der Waals surface area contributed by atoms with Crippen LogP contribution in [-0.2, 0) is 17.9 Å². The minimum atomic E-state index is -0.586. The van der Waals surface area contributed by atoms with Crippen LogP contribution in [0.4, 0.5) is 5.82 Å². The topological polar surface area (TPSA) is 107 Å². The van der Waals surface area contributed by atoms with E-state index < -0.39 is 4.92 Å². The zero-order valence-electron chi connectivity index (χ0n) is 12.7. The van der Waals surface area contributed by atoms with Crippen LogP contribution >= 0.6 is 0 Å². The van der Waals surface area contributed by atoms with Gasteiger partial charge in [-0.05, 0) is 23.5 Å². The van der Waals surface area contributed by atoms with Crippen LogP contribution in [0.2, 0.25) is 0 Å². The molecule has 1 amide bonds. The smallest absolute Gasteiger partial charge is 0.358 e. The van der Waals surface area contributed by atoms with E-state index >= 15 is 0 Å². The first-order valence-corrected chi connectivity index (χ1v) is 7.30. The lowest BCUT2D eigenvalue weighted by Crippen LogP contribution is -2.35. The van der Waals surface area contributed by atoms with E-state index in [0.717, 1.165) is 5.56 Å². The number of nitrogens with zero attached hydrogens (tertiary/aromatic N) is 4. The highest BCUT2D eigenvalue weighted by Crippen LogP contribution is 2.09. The molecule has 2 aromatic rings. The minimum Gasteiger partial charge on any atom is -0.358 e. The molecule has 0 unspecified atom stereocenters. The van der Waals surface area contributed by atoms with E-state index in [4.69, 9.17) is 5.73 Å². The van der Waals surface area contributed by atoms with Gasteiger partial charge in [0.25, 0.3) is 0 Å². The third-order valence-corrected chi connectivity index (χ3v) is 3.31. The monoisotopic (exact) mass is 317 g/mol. The van der Waals surface area contributed by atoms with Crippen molar-refractivity contribution < 1.29 is 9.72 Å². The van der Waals surface area contributed by atoms with Crippen LogP contribution in [-0.4, -0.2) is 38.6 Å². The Hall–Kier alpha value is -2.74. The predicted octanol–water partition coefficient (Wildman–Crippen LogP) is 1.17. The number of carbonyl (C=O) groups excluding carboxylic acids is 1. The molecular weight excluding hydrogens is 298 g/mol. The molecule has 0 aliphatic carbocycles. The van der Waals surface area contributed by atoms with E-state index in [1.165, 1.54) is 16.9 Å². The molecule has 2 rings (SSSR count). The van der Waals surface area contributed by atoms with Gasteiger partial charge in [0.05, 0.1) is 17.4 Å². The van der Waals surface area contributed by atoms with Gasteiger partial charge in [-0.2, -0.15) is 4.68 Å². The second-order valence-electron chi connectivity index (χ2n) is 5.07. The molecule has 0 bridgehead atoms. The molecule has 0 fully saturated rings. The summed E-state index contributed by atoms with van der Waals surface area (Å²) in [5, 5.41) is 14.4. The van der Waals surface area contributed by atoms with Crippen LogP contribution in [0.25, 0.3) is 0 Å². The predicted molar refractivity (Wildman–Crippen MR) is 84.4 cm³/mol. The average molecular weight is 317 g/mol. The molecule has 1 aromatic heterocycles. The van der Waals surface area contributed by atoms with Crippen LogP contribution in [0, 0.1) is 10.1 Å². The normalized spacial score (nSPS) is 10.5. The standard InChI is InChI=1S/C15H19N5O3/c16-8-4-9-18(11-13-5-2-1-3-6-13)15(21)12-19-10-7-14(17-19)20(22)23/h1-3,5-7,10H,4,8-9,11-12,16H2. The van der Waals surface area contributed by atoms with Crippen LogP contribution < -0.4 is 5.73 Å². The van der Waals surface area contributed by atoms with Crippen molar-refractivity contribution in [2.24, 2.45) is 5.73 Å². The van der Waals surface area contributed by atoms with Gasteiger partial charge in [0.15, 0.2) is 0 Å². The fourth-order valence-corrected chi connectivity index (χ4v) is 2.15. The Bertz CT molecular complexity index is 656. The number of hydrogen-bond acceptors (Lipinski definition) is 5. The molecule has 0 saturated carbocycles. The van der Waals surface area contributed by atoms with E-state index in [-0.39, 0.29) is 18.3 Å². The van der Waals surface area contributed by atoms with E-state index in [1.54, 1.807) is 4.90 Å². The number of hydrogen-bond donors (Lipinski definition) is 1. The van der Waals surface area contributed by atoms with Crippen LogP contribution in [0.3, 0.4) is 0 Å². The van der Waals surface area contributed by atoms with Gasteiger partial charge in [0.2, 0.25) is 5.91 Å². The summed E-state index contributed by atoms with van der Waals surface area (Å²) in [7, 11) is 0. The number of rotatable bonds is 8. The van der Waals surface area contributed by atoms with Gasteiger partial charge < -0.3 is 20.7 Å². The first-order chi connectivity index (χ1) is 11.1. The lowest BCUT2D eigenvalue weighted by molar-refractivity contribution is -0.389. The lowest BCUT2D eigenvalue weighted by atomic mass is 10.2. The van der Waals surface area contributed by atoms with Gasteiger partial charge in [0, 0.05) is 13.1 Å². The van der Waals surface area contributed by atoms with Gasteiger partial charge in [-0.15, -0.1) is 0 Å². The van der Waals surface area contributed by atoms with Gasteiger partial charge in [-0.3, -0.25) is 4.79 Å². The van der Waals surface area contributed by atoms with Gasteiger partial charge >= 0.3 is 5.82 Å². The van der Waals surface area contributed by atoms with Gasteiger partial charge in [0.1, 0.15) is 6.54 Å². The maximum atomic E-state index is 12.5. The summed E-state index contributed by atoms with van der Waals surface area (Å²) in [6.07, 6.45) is 2.12. The van der Waals surface area contributed by atoms with Crippen LogP contribution in [0.15, 0.2) is 42.6 Å². The molecule has 0 aliphatic heterocycles. The van der Waals surface area contributed by atoms with Crippen molar-refractivity contribution in [3.8, 4) is 0 Å². The largest absolute Gasteiger partial charge is 0.389 e. The number of amides is 1. The fraction of sp³-hybridized carbons (Fsp3) is 0.333. The van der Waals surface area contributed by atoms with Crippen LogP contribution in [0.1, 0.15) is 12.0 Å². The Morgan fingerprint density at radius 1 is 1.30 bits per heavy atom. The Kier molecular flexibility index (Phi) is 5.81. The first-order valence-electron chi connectivity index (χ1n) is 7.30. The molecule has 8 nitrogen and oxygen atoms in total. The Balaban J connectivity index is 2.04. The van der Waals surface area contributed by atoms with Crippen molar-refractivity contribution in [2.75, 3.05) is 13.1 Å². The maximum Gasteiger partial charge on any atom is 0.389 e. The summed E-state index contributed by atoms with van der Waals surface area (Å²) in [6.45, 7) is 1.47. The summed E-state index contributed by atoms with van der Waals surface area (Å²) in [5.74, 6) is -0.422. The second-order valence-corrected chi connectivity index (χ2v) is 5.07. The molecule has 0 aliphatic rings. The summed E-state index contributed by atoms with van der Waals surface area (Å²) in [4.78, 5) is 24.2. The van der Waals surface area contributed by atoms with Crippen molar-refractivity contribution in [1.29, 1.82) is 0 Å². The summed E-state index contributed by atoms with van der Waals surface area (Å²) >= 11 is 0. The average Bonchev–Trinajstić information content (AvgIpc) is 3.01. The minimum absolute atomic E-state index is 0.0365. The van der Waals surface area contributed by atoms with Gasteiger partial charge in [-0.25, -0.2) is 0 Å². The highest BCUT2D eigenvalue weighted by Gasteiger charge is 2.18. The SMILES string of the molecule is NCCCN(Cc1ccccc1)C(=O)Cn1ccc([N+](=O)[O-])n1. The molecule has 122 valence electrons. The quantitative estimate of drug-likeness (QED) is 0.581. The summed E-state index contributed by atoms with van der Waals surface area (Å²) in [5.41, 5.74) is 6.55. The third kappa shape index (κ3) is 4.89.